The predicted octanol–water partition coefficient (Wildman–Crippen LogP) is 2.49. The Morgan fingerprint density at radius 3 is 2.54 bits per heavy atom. The zero-order chi connectivity index (χ0) is 17.3. The fourth-order valence-corrected chi connectivity index (χ4v) is 2.69. The number of anilines is 1. The number of amides is 1. The van der Waals surface area contributed by atoms with E-state index in [1.54, 1.807) is 4.90 Å². The lowest BCUT2D eigenvalue weighted by molar-refractivity contribution is -0.137. The number of carbonyl (C=O) groups excluding carboxylic acids is 1. The van der Waals surface area contributed by atoms with Crippen molar-refractivity contribution >= 4 is 11.7 Å². The first-order chi connectivity index (χ1) is 11.4. The summed E-state index contributed by atoms with van der Waals surface area (Å²) in [6.07, 6.45) is -1.59. The number of nitrogen functional groups attached to an aromatic ring is 1. The van der Waals surface area contributed by atoms with Crippen LogP contribution in [-0.2, 0) is 6.18 Å². The van der Waals surface area contributed by atoms with Gasteiger partial charge in [0.05, 0.1) is 11.3 Å². The van der Waals surface area contributed by atoms with Crippen molar-refractivity contribution in [3.8, 4) is 5.69 Å². The maximum absolute atomic E-state index is 12.8. The fraction of sp³-hybridized carbons (Fsp3) is 0.400. The minimum absolute atomic E-state index is 0.0330. The van der Waals surface area contributed by atoms with Crippen molar-refractivity contribution in [1.29, 1.82) is 0 Å². The van der Waals surface area contributed by atoms with Crippen molar-refractivity contribution in [3.05, 3.63) is 35.5 Å². The standard InChI is InChI=1S/C15H16F3N5O/c16-15(17,18)10-5-4-6-11(9-10)23-13(19)12(20-21-23)14(24)22-7-2-1-3-8-22/h4-6,9H,1-3,7-8,19H2. The Morgan fingerprint density at radius 2 is 1.88 bits per heavy atom. The van der Waals surface area contributed by atoms with Crippen LogP contribution in [0.4, 0.5) is 19.0 Å². The summed E-state index contributed by atoms with van der Waals surface area (Å²) in [5.74, 6) is -0.407. The minimum Gasteiger partial charge on any atom is -0.382 e. The van der Waals surface area contributed by atoms with Crippen molar-refractivity contribution in [2.75, 3.05) is 18.8 Å². The van der Waals surface area contributed by atoms with E-state index in [-0.39, 0.29) is 23.1 Å². The van der Waals surface area contributed by atoms with Gasteiger partial charge in [-0.2, -0.15) is 17.9 Å². The molecule has 0 atom stereocenters. The SMILES string of the molecule is Nc1c(C(=O)N2CCCCC2)nnn1-c1cccc(C(F)(F)F)c1. The molecular weight excluding hydrogens is 323 g/mol. The lowest BCUT2D eigenvalue weighted by Crippen LogP contribution is -2.36. The van der Waals surface area contributed by atoms with E-state index >= 15 is 0 Å². The van der Waals surface area contributed by atoms with Crippen LogP contribution in [0, 0.1) is 0 Å². The number of alkyl halides is 3. The lowest BCUT2D eigenvalue weighted by atomic mass is 10.1. The Morgan fingerprint density at radius 1 is 1.17 bits per heavy atom. The first kappa shape index (κ1) is 16.3. The van der Waals surface area contributed by atoms with E-state index in [1.807, 2.05) is 0 Å². The van der Waals surface area contributed by atoms with Crippen LogP contribution < -0.4 is 5.73 Å². The van der Waals surface area contributed by atoms with Crippen LogP contribution in [0.2, 0.25) is 0 Å². The van der Waals surface area contributed by atoms with Gasteiger partial charge in [-0.25, -0.2) is 0 Å². The molecular formula is C15H16F3N5O. The topological polar surface area (TPSA) is 77.0 Å². The van der Waals surface area contributed by atoms with Crippen LogP contribution in [0.3, 0.4) is 0 Å². The number of nitrogens with zero attached hydrogens (tertiary/aromatic N) is 4. The molecule has 9 heteroatoms. The minimum atomic E-state index is -4.47. The molecule has 3 rings (SSSR count). The average Bonchev–Trinajstić information content (AvgIpc) is 2.96. The Labute approximate surface area is 136 Å². The van der Waals surface area contributed by atoms with Crippen molar-refractivity contribution < 1.29 is 18.0 Å². The number of likely N-dealkylation sites (tertiary alicyclic amines) is 1. The number of aromatic nitrogens is 3. The molecule has 2 heterocycles. The summed E-state index contributed by atoms with van der Waals surface area (Å²) in [6.45, 7) is 1.24. The monoisotopic (exact) mass is 339 g/mol. The maximum atomic E-state index is 12.8. The largest absolute Gasteiger partial charge is 0.416 e. The normalized spacial score (nSPS) is 15.5. The first-order valence-corrected chi connectivity index (χ1v) is 7.56. The van der Waals surface area contributed by atoms with Gasteiger partial charge in [0.2, 0.25) is 0 Å². The fourth-order valence-electron chi connectivity index (χ4n) is 2.69. The first-order valence-electron chi connectivity index (χ1n) is 7.56. The number of carbonyl (C=O) groups is 1. The highest BCUT2D eigenvalue weighted by Gasteiger charge is 2.31. The summed E-state index contributed by atoms with van der Waals surface area (Å²) in [5, 5.41) is 7.53. The highest BCUT2D eigenvalue weighted by molar-refractivity contribution is 5.96. The Kier molecular flexibility index (Phi) is 4.16. The number of benzene rings is 1. The molecule has 1 aromatic heterocycles. The molecule has 6 nitrogen and oxygen atoms in total. The van der Waals surface area contributed by atoms with Crippen LogP contribution in [0.1, 0.15) is 35.3 Å². The summed E-state index contributed by atoms with van der Waals surface area (Å²) in [7, 11) is 0. The van der Waals surface area contributed by atoms with Crippen LogP contribution in [0.25, 0.3) is 5.69 Å². The smallest absolute Gasteiger partial charge is 0.382 e. The molecule has 0 radical (unpaired) electrons. The Balaban J connectivity index is 1.91. The van der Waals surface area contributed by atoms with Gasteiger partial charge in [0, 0.05) is 13.1 Å². The molecule has 2 aromatic rings. The molecule has 1 aliphatic rings. The van der Waals surface area contributed by atoms with E-state index in [0.29, 0.717) is 13.1 Å². The van der Waals surface area contributed by atoms with Gasteiger partial charge in [-0.1, -0.05) is 11.3 Å². The van der Waals surface area contributed by atoms with E-state index in [4.69, 9.17) is 5.73 Å². The third kappa shape index (κ3) is 3.06. The summed E-state index contributed by atoms with van der Waals surface area (Å²) < 4.78 is 39.5. The molecule has 24 heavy (non-hydrogen) atoms. The van der Waals surface area contributed by atoms with Gasteiger partial charge in [0.1, 0.15) is 0 Å². The van der Waals surface area contributed by atoms with E-state index in [2.05, 4.69) is 10.3 Å². The summed E-state index contributed by atoms with van der Waals surface area (Å²) in [4.78, 5) is 14.1. The number of nitrogens with two attached hydrogens (primary N) is 1. The van der Waals surface area contributed by atoms with Crippen molar-refractivity contribution in [3.63, 3.8) is 0 Å². The van der Waals surface area contributed by atoms with Crippen LogP contribution in [0.15, 0.2) is 24.3 Å². The number of piperidine rings is 1. The predicted molar refractivity (Wildman–Crippen MR) is 80.5 cm³/mol. The zero-order valence-electron chi connectivity index (χ0n) is 12.8. The van der Waals surface area contributed by atoms with Crippen molar-refractivity contribution in [2.24, 2.45) is 0 Å². The molecule has 128 valence electrons. The summed E-state index contributed by atoms with van der Waals surface area (Å²) >= 11 is 0. The quantitative estimate of drug-likeness (QED) is 0.912. The third-order valence-electron chi connectivity index (χ3n) is 3.97. The Hall–Kier alpha value is -2.58. The number of halogens is 3. The van der Waals surface area contributed by atoms with Gasteiger partial charge < -0.3 is 10.6 Å². The van der Waals surface area contributed by atoms with Gasteiger partial charge in [-0.05, 0) is 37.5 Å². The molecule has 0 bridgehead atoms. The highest BCUT2D eigenvalue weighted by Crippen LogP contribution is 2.30. The van der Waals surface area contributed by atoms with Crippen LogP contribution >= 0.6 is 0 Å². The molecule has 1 amide bonds. The molecule has 0 aliphatic carbocycles. The van der Waals surface area contributed by atoms with Gasteiger partial charge in [-0.15, -0.1) is 5.10 Å². The van der Waals surface area contributed by atoms with Crippen molar-refractivity contribution in [1.82, 2.24) is 19.9 Å². The molecule has 0 unspecified atom stereocenters. The second-order valence-corrected chi connectivity index (χ2v) is 5.64. The van der Waals surface area contributed by atoms with E-state index in [9.17, 15) is 18.0 Å². The number of rotatable bonds is 2. The molecule has 1 aromatic carbocycles. The van der Waals surface area contributed by atoms with E-state index < -0.39 is 11.7 Å². The number of hydrogen-bond donors (Lipinski definition) is 1. The molecule has 1 fully saturated rings. The molecule has 1 saturated heterocycles. The second-order valence-electron chi connectivity index (χ2n) is 5.64. The van der Waals surface area contributed by atoms with E-state index in [0.717, 1.165) is 36.1 Å². The van der Waals surface area contributed by atoms with Crippen LogP contribution in [0.5, 0.6) is 0 Å². The maximum Gasteiger partial charge on any atom is 0.416 e. The van der Waals surface area contributed by atoms with Gasteiger partial charge in [0.25, 0.3) is 5.91 Å². The van der Waals surface area contributed by atoms with Crippen LogP contribution in [-0.4, -0.2) is 38.9 Å². The molecule has 0 spiro atoms. The zero-order valence-corrected chi connectivity index (χ0v) is 12.8. The molecule has 0 saturated carbocycles. The number of hydrogen-bond acceptors (Lipinski definition) is 4. The summed E-state index contributed by atoms with van der Waals surface area (Å²) in [5.41, 5.74) is 5.16. The molecule has 2 N–H and O–H groups in total. The van der Waals surface area contributed by atoms with E-state index in [1.165, 1.54) is 12.1 Å². The van der Waals surface area contributed by atoms with Gasteiger partial charge in [-0.3, -0.25) is 4.79 Å². The third-order valence-corrected chi connectivity index (χ3v) is 3.97. The van der Waals surface area contributed by atoms with Gasteiger partial charge in [0.15, 0.2) is 11.5 Å². The average molecular weight is 339 g/mol. The second kappa shape index (κ2) is 6.14. The summed E-state index contributed by atoms with van der Waals surface area (Å²) in [6, 6.07) is 4.55. The highest BCUT2D eigenvalue weighted by atomic mass is 19.4. The van der Waals surface area contributed by atoms with Crippen molar-refractivity contribution in [2.45, 2.75) is 25.4 Å². The van der Waals surface area contributed by atoms with Gasteiger partial charge >= 0.3 is 6.18 Å². The Bertz CT molecular complexity index is 750. The lowest BCUT2D eigenvalue weighted by Gasteiger charge is -2.25. The molecule has 1 aliphatic heterocycles.